The Morgan fingerprint density at radius 3 is 2.08 bits per heavy atom. The Hall–Kier alpha value is -1.86. The highest BCUT2D eigenvalue weighted by molar-refractivity contribution is 5.72. The van der Waals surface area contributed by atoms with E-state index in [1.807, 2.05) is 20.8 Å². The van der Waals surface area contributed by atoms with Crippen LogP contribution in [-0.2, 0) is 19.1 Å². The fraction of sp³-hybridized carbons (Fsp3) is 0.667. The van der Waals surface area contributed by atoms with Gasteiger partial charge in [0.1, 0.15) is 6.61 Å². The molecule has 0 N–H and O–H groups in total. The molecule has 0 unspecified atom stereocenters. The van der Waals surface area contributed by atoms with Crippen molar-refractivity contribution in [2.75, 3.05) is 13.2 Å². The molecule has 0 rings (SSSR count). The Morgan fingerprint density at radius 1 is 0.962 bits per heavy atom. The van der Waals surface area contributed by atoms with E-state index >= 15 is 0 Å². The molecule has 0 aliphatic carbocycles. The van der Waals surface area contributed by atoms with E-state index in [0.29, 0.717) is 0 Å². The number of esters is 2. The van der Waals surface area contributed by atoms with E-state index in [-0.39, 0.29) is 25.9 Å². The summed E-state index contributed by atoms with van der Waals surface area (Å²) < 4.78 is 58.0. The zero-order valence-electron chi connectivity index (χ0n) is 15.3. The van der Waals surface area contributed by atoms with Crippen molar-refractivity contribution in [3.63, 3.8) is 0 Å². The van der Waals surface area contributed by atoms with E-state index in [4.69, 9.17) is 4.74 Å². The highest BCUT2D eigenvalue weighted by Gasteiger charge is 2.42. The number of alkyl halides is 4. The monoisotopic (exact) mass is 382 g/mol. The number of halogens is 4. The van der Waals surface area contributed by atoms with E-state index in [0.717, 1.165) is 18.4 Å². The number of ether oxygens (including phenoxy) is 2. The number of hydrogen-bond acceptors (Lipinski definition) is 4. The molecule has 26 heavy (non-hydrogen) atoms. The van der Waals surface area contributed by atoms with Gasteiger partial charge in [-0.1, -0.05) is 17.2 Å². The first-order valence-electron chi connectivity index (χ1n) is 8.30. The van der Waals surface area contributed by atoms with Gasteiger partial charge in [-0.15, -0.1) is 0 Å². The first-order chi connectivity index (χ1) is 12.0. The maximum atomic E-state index is 12.6. The van der Waals surface area contributed by atoms with E-state index in [9.17, 15) is 27.2 Å². The molecule has 0 saturated carbocycles. The molecular weight excluding hydrogens is 356 g/mol. The van der Waals surface area contributed by atoms with Gasteiger partial charge < -0.3 is 9.47 Å². The van der Waals surface area contributed by atoms with E-state index in [2.05, 4.69) is 10.8 Å². The fourth-order valence-electron chi connectivity index (χ4n) is 1.73. The number of rotatable bonds is 12. The van der Waals surface area contributed by atoms with Crippen LogP contribution in [-0.4, -0.2) is 37.5 Å². The van der Waals surface area contributed by atoms with Crippen LogP contribution in [0.4, 0.5) is 17.6 Å². The van der Waals surface area contributed by atoms with Crippen LogP contribution in [0.15, 0.2) is 23.3 Å². The summed E-state index contributed by atoms with van der Waals surface area (Å²) in [4.78, 5) is 22.7. The van der Waals surface area contributed by atoms with Gasteiger partial charge in [-0.05, 0) is 46.1 Å². The zero-order chi connectivity index (χ0) is 20.2. The minimum absolute atomic E-state index is 0.0290. The molecule has 0 fully saturated rings. The van der Waals surface area contributed by atoms with Crippen molar-refractivity contribution in [2.45, 2.75) is 65.2 Å². The van der Waals surface area contributed by atoms with Crippen molar-refractivity contribution < 1.29 is 36.6 Å². The van der Waals surface area contributed by atoms with Crippen LogP contribution < -0.4 is 0 Å². The summed E-state index contributed by atoms with van der Waals surface area (Å²) in [7, 11) is 0. The van der Waals surface area contributed by atoms with Gasteiger partial charge in [0.15, 0.2) is 6.61 Å². The maximum Gasteiger partial charge on any atom is 0.340 e. The lowest BCUT2D eigenvalue weighted by Gasteiger charge is -2.14. The Kier molecular flexibility index (Phi) is 11.6. The second-order valence-electron chi connectivity index (χ2n) is 6.13. The van der Waals surface area contributed by atoms with Gasteiger partial charge in [-0.2, -0.15) is 8.78 Å². The van der Waals surface area contributed by atoms with Crippen molar-refractivity contribution >= 4 is 11.9 Å². The Morgan fingerprint density at radius 2 is 1.54 bits per heavy atom. The smallest absolute Gasteiger partial charge is 0.340 e. The molecule has 0 aromatic heterocycles. The second kappa shape index (κ2) is 12.5. The summed E-state index contributed by atoms with van der Waals surface area (Å²) in [6.07, 6.45) is 1.38. The average Bonchev–Trinajstić information content (AvgIpc) is 2.52. The van der Waals surface area contributed by atoms with Gasteiger partial charge in [0, 0.05) is 12.8 Å². The molecule has 0 aromatic carbocycles. The van der Waals surface area contributed by atoms with Crippen molar-refractivity contribution in [3.05, 3.63) is 23.3 Å². The molecule has 0 radical (unpaired) electrons. The van der Waals surface area contributed by atoms with Gasteiger partial charge in [-0.3, -0.25) is 9.59 Å². The summed E-state index contributed by atoms with van der Waals surface area (Å²) in [5.74, 6) is -5.97. The Bertz CT molecular complexity index is 509. The normalized spacial score (nSPS) is 12.1. The average molecular weight is 382 g/mol. The van der Waals surface area contributed by atoms with Crippen molar-refractivity contribution in [1.29, 1.82) is 0 Å². The van der Waals surface area contributed by atoms with Crippen LogP contribution >= 0.6 is 0 Å². The van der Waals surface area contributed by atoms with E-state index in [1.165, 1.54) is 5.57 Å². The highest BCUT2D eigenvalue weighted by atomic mass is 19.3. The first-order valence-corrected chi connectivity index (χ1v) is 8.30. The molecule has 0 aliphatic rings. The molecule has 0 aromatic rings. The van der Waals surface area contributed by atoms with E-state index < -0.39 is 30.9 Å². The number of hydrogen-bond donors (Lipinski definition) is 0. The van der Waals surface area contributed by atoms with Crippen LogP contribution in [0.25, 0.3) is 0 Å². The molecular formula is C18H26F4O4. The SMILES string of the molecule is CC(C)=CCC/C(C)=C/COC(=O)CCCC(=O)OCC(F)(F)C(F)F. The predicted octanol–water partition coefficient (Wildman–Crippen LogP) is 4.84. The molecule has 0 amide bonds. The summed E-state index contributed by atoms with van der Waals surface area (Å²) >= 11 is 0. The van der Waals surface area contributed by atoms with Crippen LogP contribution in [0.2, 0.25) is 0 Å². The largest absolute Gasteiger partial charge is 0.461 e. The topological polar surface area (TPSA) is 52.6 Å². The van der Waals surface area contributed by atoms with Gasteiger partial charge >= 0.3 is 24.3 Å². The molecule has 8 heteroatoms. The van der Waals surface area contributed by atoms with Crippen molar-refractivity contribution in [1.82, 2.24) is 0 Å². The quantitative estimate of drug-likeness (QED) is 0.275. The zero-order valence-corrected chi connectivity index (χ0v) is 15.3. The highest BCUT2D eigenvalue weighted by Crippen LogP contribution is 2.23. The molecule has 0 spiro atoms. The Labute approximate surface area is 151 Å². The van der Waals surface area contributed by atoms with Gasteiger partial charge in [0.25, 0.3) is 0 Å². The second-order valence-corrected chi connectivity index (χ2v) is 6.13. The number of carbonyl (C=O) groups excluding carboxylic acids is 2. The Balaban J connectivity index is 3.89. The summed E-state index contributed by atoms with van der Waals surface area (Å²) in [6, 6.07) is 0. The summed E-state index contributed by atoms with van der Waals surface area (Å²) in [5, 5.41) is 0. The number of carbonyl (C=O) groups is 2. The van der Waals surface area contributed by atoms with Crippen LogP contribution in [0.3, 0.4) is 0 Å². The third-order valence-corrected chi connectivity index (χ3v) is 3.27. The molecule has 0 heterocycles. The standard InChI is InChI=1S/C18H26F4O4/c1-13(2)6-4-7-14(3)10-11-25-15(23)8-5-9-16(24)26-12-18(21,22)17(19)20/h6,10,17H,4-5,7-9,11-12H2,1-3H3/b14-10+. The minimum Gasteiger partial charge on any atom is -0.461 e. The molecule has 0 aliphatic heterocycles. The van der Waals surface area contributed by atoms with Crippen molar-refractivity contribution in [3.8, 4) is 0 Å². The molecule has 4 nitrogen and oxygen atoms in total. The lowest BCUT2D eigenvalue weighted by molar-refractivity contribution is -0.179. The van der Waals surface area contributed by atoms with Gasteiger partial charge in [0.2, 0.25) is 0 Å². The minimum atomic E-state index is -4.37. The van der Waals surface area contributed by atoms with Gasteiger partial charge in [0.05, 0.1) is 0 Å². The predicted molar refractivity (Wildman–Crippen MR) is 89.1 cm³/mol. The van der Waals surface area contributed by atoms with Crippen LogP contribution in [0, 0.1) is 0 Å². The lowest BCUT2D eigenvalue weighted by atomic mass is 10.1. The lowest BCUT2D eigenvalue weighted by Crippen LogP contribution is -2.33. The molecule has 0 atom stereocenters. The maximum absolute atomic E-state index is 12.6. The molecule has 150 valence electrons. The van der Waals surface area contributed by atoms with Crippen molar-refractivity contribution in [2.24, 2.45) is 0 Å². The fourth-order valence-corrected chi connectivity index (χ4v) is 1.73. The number of allylic oxidation sites excluding steroid dienone is 3. The van der Waals surface area contributed by atoms with Crippen LogP contribution in [0.5, 0.6) is 0 Å². The van der Waals surface area contributed by atoms with Gasteiger partial charge in [-0.25, -0.2) is 8.78 Å². The summed E-state index contributed by atoms with van der Waals surface area (Å²) in [6.45, 7) is 4.40. The van der Waals surface area contributed by atoms with E-state index in [1.54, 1.807) is 6.08 Å². The first kappa shape index (κ1) is 24.1. The summed E-state index contributed by atoms with van der Waals surface area (Å²) in [5.41, 5.74) is 2.32. The van der Waals surface area contributed by atoms with Crippen LogP contribution in [0.1, 0.15) is 52.9 Å². The third kappa shape index (κ3) is 12.5. The molecule has 0 saturated heterocycles. The molecule has 0 bridgehead atoms. The third-order valence-electron chi connectivity index (χ3n) is 3.27.